The Morgan fingerprint density at radius 2 is 2.26 bits per heavy atom. The second kappa shape index (κ2) is 6.70. The Labute approximate surface area is 118 Å². The van der Waals surface area contributed by atoms with Crippen LogP contribution in [0.2, 0.25) is 0 Å². The highest BCUT2D eigenvalue weighted by atomic mass is 32.2. The maximum atomic E-state index is 11.6. The first-order chi connectivity index (χ1) is 9.22. The molecule has 0 amide bonds. The number of esters is 1. The van der Waals surface area contributed by atoms with E-state index in [9.17, 15) is 4.79 Å². The van der Waals surface area contributed by atoms with E-state index in [4.69, 9.17) is 10.5 Å². The number of thioether (sulfide) groups is 1. The van der Waals surface area contributed by atoms with Crippen LogP contribution in [-0.2, 0) is 4.74 Å². The lowest BCUT2D eigenvalue weighted by Crippen LogP contribution is -2.26. The number of carbonyl (C=O) groups excluding carboxylic acids is 1. The van der Waals surface area contributed by atoms with Crippen LogP contribution >= 0.6 is 11.8 Å². The van der Waals surface area contributed by atoms with Gasteiger partial charge in [0.05, 0.1) is 23.5 Å². The van der Waals surface area contributed by atoms with Gasteiger partial charge in [-0.2, -0.15) is 11.8 Å². The van der Waals surface area contributed by atoms with Gasteiger partial charge in [-0.15, -0.1) is 0 Å². The topological polar surface area (TPSA) is 55.6 Å². The van der Waals surface area contributed by atoms with Crippen molar-refractivity contribution in [1.29, 1.82) is 0 Å². The van der Waals surface area contributed by atoms with Gasteiger partial charge in [0, 0.05) is 18.8 Å². The van der Waals surface area contributed by atoms with Crippen LogP contribution < -0.4 is 10.6 Å². The quantitative estimate of drug-likeness (QED) is 0.680. The van der Waals surface area contributed by atoms with Crippen LogP contribution in [-0.4, -0.2) is 37.2 Å². The summed E-state index contributed by atoms with van der Waals surface area (Å²) in [6, 6.07) is 5.44. The molecular weight excluding hydrogens is 260 g/mol. The molecule has 0 radical (unpaired) electrons. The molecule has 2 rings (SSSR count). The number of nitrogen functional groups attached to an aromatic ring is 1. The average molecular weight is 280 g/mol. The number of nitrogens with zero attached hydrogens (tertiary/aromatic N) is 1. The molecule has 1 aliphatic rings. The van der Waals surface area contributed by atoms with Gasteiger partial charge in [-0.05, 0) is 37.3 Å². The summed E-state index contributed by atoms with van der Waals surface area (Å²) >= 11 is 1.98. The van der Waals surface area contributed by atoms with Crippen molar-refractivity contribution in [2.24, 2.45) is 0 Å². The summed E-state index contributed by atoms with van der Waals surface area (Å²) in [7, 11) is 0. The zero-order valence-corrected chi connectivity index (χ0v) is 12.0. The lowest BCUT2D eigenvalue weighted by atomic mass is 10.1. The van der Waals surface area contributed by atoms with E-state index in [1.165, 1.54) is 12.2 Å². The van der Waals surface area contributed by atoms with E-state index in [1.54, 1.807) is 19.1 Å². The monoisotopic (exact) mass is 280 g/mol. The Morgan fingerprint density at radius 1 is 1.42 bits per heavy atom. The molecule has 0 saturated carbocycles. The zero-order chi connectivity index (χ0) is 13.7. The van der Waals surface area contributed by atoms with Crippen molar-refractivity contribution >= 4 is 29.1 Å². The van der Waals surface area contributed by atoms with Crippen molar-refractivity contribution in [2.45, 2.75) is 13.3 Å². The molecule has 0 aromatic heterocycles. The van der Waals surface area contributed by atoms with Gasteiger partial charge in [-0.25, -0.2) is 4.79 Å². The molecule has 1 saturated heterocycles. The van der Waals surface area contributed by atoms with E-state index in [0.717, 1.165) is 24.5 Å². The SMILES string of the molecule is CCOC(=O)c1ccc(N2CCCSCC2)c(N)c1. The third-order valence-electron chi connectivity index (χ3n) is 3.10. The third kappa shape index (κ3) is 3.56. The number of nitrogens with two attached hydrogens (primary N) is 1. The van der Waals surface area contributed by atoms with Crippen molar-refractivity contribution in [3.63, 3.8) is 0 Å². The second-order valence-corrected chi connectivity index (χ2v) is 5.67. The van der Waals surface area contributed by atoms with E-state index < -0.39 is 0 Å². The van der Waals surface area contributed by atoms with Gasteiger partial charge < -0.3 is 15.4 Å². The van der Waals surface area contributed by atoms with Gasteiger partial charge in [-0.1, -0.05) is 0 Å². The maximum absolute atomic E-state index is 11.6. The molecule has 1 heterocycles. The molecule has 1 aromatic rings. The van der Waals surface area contributed by atoms with Gasteiger partial charge in [0.1, 0.15) is 0 Å². The molecule has 4 nitrogen and oxygen atoms in total. The minimum Gasteiger partial charge on any atom is -0.462 e. The van der Waals surface area contributed by atoms with Crippen LogP contribution in [0.3, 0.4) is 0 Å². The molecule has 0 atom stereocenters. The molecule has 1 fully saturated rings. The van der Waals surface area contributed by atoms with Gasteiger partial charge in [0.15, 0.2) is 0 Å². The van der Waals surface area contributed by atoms with E-state index >= 15 is 0 Å². The molecule has 5 heteroatoms. The van der Waals surface area contributed by atoms with Crippen molar-refractivity contribution in [2.75, 3.05) is 41.8 Å². The number of hydrogen-bond acceptors (Lipinski definition) is 5. The van der Waals surface area contributed by atoms with Crippen molar-refractivity contribution < 1.29 is 9.53 Å². The first-order valence-corrected chi connectivity index (χ1v) is 7.77. The first-order valence-electron chi connectivity index (χ1n) is 6.61. The van der Waals surface area contributed by atoms with Gasteiger partial charge in [0.25, 0.3) is 0 Å². The number of ether oxygens (including phenoxy) is 1. The molecule has 0 spiro atoms. The van der Waals surface area contributed by atoms with Crippen molar-refractivity contribution in [3.8, 4) is 0 Å². The molecule has 104 valence electrons. The molecule has 0 aliphatic carbocycles. The minimum absolute atomic E-state index is 0.313. The highest BCUT2D eigenvalue weighted by molar-refractivity contribution is 7.99. The molecule has 0 unspecified atom stereocenters. The Kier molecular flexibility index (Phi) is 4.96. The van der Waals surface area contributed by atoms with Gasteiger partial charge >= 0.3 is 5.97 Å². The van der Waals surface area contributed by atoms with Crippen LogP contribution in [0.5, 0.6) is 0 Å². The van der Waals surface area contributed by atoms with Crippen LogP contribution in [0, 0.1) is 0 Å². The summed E-state index contributed by atoms with van der Waals surface area (Å²) in [6.07, 6.45) is 1.17. The fourth-order valence-electron chi connectivity index (χ4n) is 2.17. The predicted octanol–water partition coefficient (Wildman–Crippen LogP) is 2.39. The van der Waals surface area contributed by atoms with Crippen LogP contribution in [0.25, 0.3) is 0 Å². The van der Waals surface area contributed by atoms with E-state index in [-0.39, 0.29) is 5.97 Å². The number of carbonyl (C=O) groups is 1. The summed E-state index contributed by atoms with van der Waals surface area (Å²) in [5.41, 5.74) is 8.28. The lowest BCUT2D eigenvalue weighted by molar-refractivity contribution is 0.0526. The smallest absolute Gasteiger partial charge is 0.338 e. The van der Waals surface area contributed by atoms with Crippen molar-refractivity contribution in [1.82, 2.24) is 0 Å². The first kappa shape index (κ1) is 14.1. The normalized spacial score (nSPS) is 15.9. The van der Waals surface area contributed by atoms with Crippen LogP contribution in [0.4, 0.5) is 11.4 Å². The average Bonchev–Trinajstić information content (AvgIpc) is 2.67. The standard InChI is InChI=1S/C14H20N2O2S/c1-2-18-14(17)11-4-5-13(12(15)10-11)16-6-3-8-19-9-7-16/h4-5,10H,2-3,6-9,15H2,1H3. The Hall–Kier alpha value is -1.36. The summed E-state index contributed by atoms with van der Waals surface area (Å²) < 4.78 is 4.98. The Bertz CT molecular complexity index is 443. The van der Waals surface area contributed by atoms with E-state index in [0.29, 0.717) is 17.9 Å². The minimum atomic E-state index is -0.313. The van der Waals surface area contributed by atoms with Crippen LogP contribution in [0.1, 0.15) is 23.7 Å². The summed E-state index contributed by atoms with van der Waals surface area (Å²) in [4.78, 5) is 13.9. The zero-order valence-electron chi connectivity index (χ0n) is 11.2. The molecule has 1 aliphatic heterocycles. The van der Waals surface area contributed by atoms with E-state index in [2.05, 4.69) is 4.90 Å². The molecule has 0 bridgehead atoms. The highest BCUT2D eigenvalue weighted by Crippen LogP contribution is 2.26. The largest absolute Gasteiger partial charge is 0.462 e. The fraction of sp³-hybridized carbons (Fsp3) is 0.500. The molecule has 2 N–H and O–H groups in total. The number of anilines is 2. The molecule has 19 heavy (non-hydrogen) atoms. The maximum Gasteiger partial charge on any atom is 0.338 e. The fourth-order valence-corrected chi connectivity index (χ4v) is 3.06. The molecule has 1 aromatic carbocycles. The highest BCUT2D eigenvalue weighted by Gasteiger charge is 2.15. The lowest BCUT2D eigenvalue weighted by Gasteiger charge is -2.24. The van der Waals surface area contributed by atoms with Crippen molar-refractivity contribution in [3.05, 3.63) is 23.8 Å². The number of rotatable bonds is 3. The summed E-state index contributed by atoms with van der Waals surface area (Å²) in [5.74, 6) is 2.02. The number of hydrogen-bond donors (Lipinski definition) is 1. The molecular formula is C14H20N2O2S. The number of benzene rings is 1. The second-order valence-electron chi connectivity index (χ2n) is 4.45. The summed E-state index contributed by atoms with van der Waals surface area (Å²) in [5, 5.41) is 0. The Balaban J connectivity index is 2.16. The van der Waals surface area contributed by atoms with Crippen LogP contribution in [0.15, 0.2) is 18.2 Å². The predicted molar refractivity (Wildman–Crippen MR) is 81.0 cm³/mol. The van der Waals surface area contributed by atoms with Gasteiger partial charge in [-0.3, -0.25) is 0 Å². The third-order valence-corrected chi connectivity index (χ3v) is 4.15. The van der Waals surface area contributed by atoms with Gasteiger partial charge in [0.2, 0.25) is 0 Å². The van der Waals surface area contributed by atoms with E-state index in [1.807, 2.05) is 17.8 Å². The Morgan fingerprint density at radius 3 is 3.00 bits per heavy atom. The summed E-state index contributed by atoms with van der Waals surface area (Å²) in [6.45, 7) is 4.21.